The monoisotopic (exact) mass is 2040 g/mol. The summed E-state index contributed by atoms with van der Waals surface area (Å²) in [6, 6.07) is 36.8. The highest BCUT2D eigenvalue weighted by Crippen LogP contribution is 2.48. The van der Waals surface area contributed by atoms with Gasteiger partial charge in [-0.25, -0.2) is 47.5 Å². The topological polar surface area (TPSA) is 302 Å². The molecule has 0 bridgehead atoms. The molecule has 32 heteroatoms. The van der Waals surface area contributed by atoms with Crippen LogP contribution in [-0.2, 0) is 28.8 Å². The fourth-order valence-electron chi connectivity index (χ4n) is 19.1. The molecule has 8 saturated carbocycles. The van der Waals surface area contributed by atoms with Crippen LogP contribution in [-0.4, -0.2) is 109 Å². The lowest BCUT2D eigenvalue weighted by Crippen LogP contribution is -2.40. The van der Waals surface area contributed by atoms with E-state index in [1.807, 2.05) is 79.3 Å². The predicted octanol–water partition coefficient (Wildman–Crippen LogP) is 28.8. The Kier molecular flexibility index (Phi) is 32.6. The van der Waals surface area contributed by atoms with Gasteiger partial charge in [0.2, 0.25) is 77.1 Å². The molecule has 0 aliphatic heterocycles. The first kappa shape index (κ1) is 105. The zero-order valence-electron chi connectivity index (χ0n) is 84.5. The summed E-state index contributed by atoms with van der Waals surface area (Å²) in [5, 5.41) is 29.2. The fraction of sp³-hybridized carbons (Fsp3) is 0.560. The lowest BCUT2D eigenvalue weighted by molar-refractivity contribution is -0.130. The van der Waals surface area contributed by atoms with Crippen LogP contribution in [0.2, 0.25) is 10.0 Å². The average molecular weight is 2040 g/mol. The van der Waals surface area contributed by atoms with Crippen LogP contribution in [0.15, 0.2) is 114 Å². The van der Waals surface area contributed by atoms with Crippen LogP contribution in [0.4, 0.5) is 53.3 Å². The van der Waals surface area contributed by atoms with Gasteiger partial charge >= 0.3 is 0 Å². The number of halogens is 7. The van der Waals surface area contributed by atoms with Gasteiger partial charge in [-0.3, -0.25) is 60.7 Å². The SMILES string of the molecule is CC(C)(C)CC(=O)Nc1nc2ccc(Br)cc2n1C1CCC1.CC(C)(C)CC(=O)Nc1nc2ccc(C(F)F)cc2n1C1CCC1.CC(C)c1ccc2nc(NC(=O)CC(C)(C)C)n(C3CCC3)c2c1.CC(C)c1ccc2nc(NC(=O)[C@@H](C)C(C)C)n(C3CCC3)c2c1.O=C(CC1(O)CCC1)Nc1nc2ccc(Cl)cc2n1C1CCC1.O=C(CC1CC(F)(F)C1)Nc1nc2ccc(Cl)cc2n1C1CCC1. The van der Waals surface area contributed by atoms with E-state index in [0.717, 1.165) is 130 Å². The van der Waals surface area contributed by atoms with Gasteiger partial charge < -0.3 is 32.5 Å². The second-order valence-electron chi connectivity index (χ2n) is 45.2. The van der Waals surface area contributed by atoms with Gasteiger partial charge in [0.15, 0.2) is 0 Å². The number of anilines is 6. The lowest BCUT2D eigenvalue weighted by Gasteiger charge is -2.36. The fourth-order valence-corrected chi connectivity index (χ4v) is 19.8. The number of alkyl halides is 4. The van der Waals surface area contributed by atoms with E-state index in [2.05, 4.69) is 212 Å². The number of nitrogens with zero attached hydrogens (tertiary/aromatic N) is 12. The average Bonchev–Trinajstić information content (AvgIpc) is 1.63. The number of aliphatic hydroxyl groups is 1. The molecule has 7 N–H and O–H groups in total. The Morgan fingerprint density at radius 1 is 0.390 bits per heavy atom. The molecule has 8 aliphatic carbocycles. The first-order valence-electron chi connectivity index (χ1n) is 50.9. The Labute approximate surface area is 842 Å². The third-order valence-electron chi connectivity index (χ3n) is 28.7. The molecular formula is C109H141BrCl2F4N18O7. The largest absolute Gasteiger partial charge is 0.389 e. The van der Waals surface area contributed by atoms with Crippen molar-refractivity contribution in [3.8, 4) is 0 Å². The standard InChI is InChI=1S/2C20H29N3O.C18H23F2N3O.C17H22BrN3O.C17H18ClF2N3O.C17H20ClN3O2/c1-13(2)14-9-10-16-17(11-14)23(15-7-6-8-15)19(21-16)22-18(24)12-20(3,4)5;1-12(2)14(5)19(24)22-20-21-17-10-9-15(13(3)4)11-18(17)23(20)16-7-6-8-16;1-18(2,3)10-15(24)22-17-21-13-8-7-11(16(19)20)9-14(13)23(17)12-5-4-6-12;1-17(2,3)10-15(22)20-16-19-13-8-7-11(18)9-14(13)21(16)12-5-4-6-12;18-11-4-5-13-14(7-11)23(12-2-1-3-12)16(21-13)22-15(24)6-10-8-17(19,20)9-10;18-11-5-6-13-14(9-11)21(12-3-1-4-12)16(19-13)20-15(22)10-17(23)7-2-8-17/h9-11,13,15H,6-8,12H2,1-5H3,(H,21,22,24);9-14,16H,6-8H2,1-5H3,(H,21,22,24);7-9,12,16H,4-6,10H2,1-3H3,(H,21,22,24);7-9,12H,4-6,10H2,1-3H3,(H,19,20,22);4-5,7,10,12H,1-3,6,8-9H2,(H,21,22,24);5-6,9,12,23H,1-4,7-8,10H2,(H,19,20,22)/t;14-;;;;/m.0..../s1. The number of benzene rings is 6. The number of imidazole rings is 6. The van der Waals surface area contributed by atoms with Crippen LogP contribution in [0, 0.1) is 34.0 Å². The third kappa shape index (κ3) is 25.9. The van der Waals surface area contributed by atoms with Gasteiger partial charge in [0, 0.05) is 101 Å². The summed E-state index contributed by atoms with van der Waals surface area (Å²) in [5.74, 6) is 1.68. The van der Waals surface area contributed by atoms with E-state index in [9.17, 15) is 51.4 Å². The van der Waals surface area contributed by atoms with Gasteiger partial charge in [-0.1, -0.05) is 168 Å². The van der Waals surface area contributed by atoms with E-state index in [1.54, 1.807) is 12.1 Å². The molecule has 8 fully saturated rings. The minimum Gasteiger partial charge on any atom is -0.389 e. The highest BCUT2D eigenvalue weighted by molar-refractivity contribution is 9.10. The zero-order valence-corrected chi connectivity index (χ0v) is 87.6. The first-order valence-corrected chi connectivity index (χ1v) is 52.5. The molecule has 0 spiro atoms. The van der Waals surface area contributed by atoms with Gasteiger partial charge in [0.05, 0.1) is 78.2 Å². The Morgan fingerprint density at radius 2 is 0.667 bits per heavy atom. The van der Waals surface area contributed by atoms with E-state index >= 15 is 0 Å². The Bertz CT molecular complexity index is 6400. The van der Waals surface area contributed by atoms with Gasteiger partial charge in [-0.05, 0) is 277 Å². The second kappa shape index (κ2) is 43.7. The van der Waals surface area contributed by atoms with Crippen LogP contribution >= 0.6 is 39.1 Å². The molecule has 0 saturated heterocycles. The van der Waals surface area contributed by atoms with Gasteiger partial charge in [0.1, 0.15) is 0 Å². The molecule has 6 aromatic carbocycles. The minimum absolute atomic E-state index is 0.0180. The van der Waals surface area contributed by atoms with Crippen molar-refractivity contribution in [3.05, 3.63) is 140 Å². The molecule has 758 valence electrons. The van der Waals surface area contributed by atoms with E-state index in [4.69, 9.17) is 33.2 Å². The summed E-state index contributed by atoms with van der Waals surface area (Å²) in [4.78, 5) is 102. The van der Waals surface area contributed by atoms with Crippen LogP contribution in [0.5, 0.6) is 0 Å². The van der Waals surface area contributed by atoms with Crippen molar-refractivity contribution in [1.82, 2.24) is 57.3 Å². The summed E-state index contributed by atoms with van der Waals surface area (Å²) in [7, 11) is 0. The molecule has 0 unspecified atom stereocenters. The molecular weight excluding hydrogens is 1900 g/mol. The van der Waals surface area contributed by atoms with E-state index in [0.29, 0.717) is 137 Å². The van der Waals surface area contributed by atoms with Crippen LogP contribution in [0.3, 0.4) is 0 Å². The highest BCUT2D eigenvalue weighted by Gasteiger charge is 2.46. The molecule has 6 aromatic heterocycles. The maximum atomic E-state index is 13.0. The van der Waals surface area contributed by atoms with Gasteiger partial charge in [0.25, 0.3) is 6.43 Å². The van der Waals surface area contributed by atoms with Crippen molar-refractivity contribution in [2.75, 3.05) is 31.9 Å². The van der Waals surface area contributed by atoms with Gasteiger partial charge in [-0.15, -0.1) is 0 Å². The van der Waals surface area contributed by atoms with E-state index in [1.165, 1.54) is 74.6 Å². The van der Waals surface area contributed by atoms with E-state index < -0.39 is 17.9 Å². The van der Waals surface area contributed by atoms with Crippen LogP contribution < -0.4 is 31.9 Å². The molecule has 141 heavy (non-hydrogen) atoms. The lowest BCUT2D eigenvalue weighted by atomic mass is 9.78. The third-order valence-corrected chi connectivity index (χ3v) is 29.7. The van der Waals surface area contributed by atoms with E-state index in [-0.39, 0.29) is 101 Å². The number of hydrogen-bond acceptors (Lipinski definition) is 13. The smallest absolute Gasteiger partial charge is 0.263 e. The minimum atomic E-state index is -2.60. The Balaban J connectivity index is 0.000000128. The first-order chi connectivity index (χ1) is 66.6. The number of fused-ring (bicyclic) bond motifs is 6. The molecule has 0 radical (unpaired) electrons. The van der Waals surface area contributed by atoms with Crippen LogP contribution in [0.1, 0.15) is 362 Å². The highest BCUT2D eigenvalue weighted by atomic mass is 79.9. The molecule has 6 heterocycles. The number of carbonyl (C=O) groups is 6. The van der Waals surface area contributed by atoms with Crippen molar-refractivity contribution in [2.45, 2.75) is 357 Å². The summed E-state index contributed by atoms with van der Waals surface area (Å²) >= 11 is 15.7. The van der Waals surface area contributed by atoms with Crippen molar-refractivity contribution in [2.24, 2.45) is 34.0 Å². The molecule has 25 nitrogen and oxygen atoms in total. The number of carbonyl (C=O) groups excluding carboxylic acids is 6. The maximum absolute atomic E-state index is 13.0. The van der Waals surface area contributed by atoms with Gasteiger partial charge in [-0.2, -0.15) is 0 Å². The zero-order chi connectivity index (χ0) is 101. The maximum Gasteiger partial charge on any atom is 0.263 e. The van der Waals surface area contributed by atoms with Crippen LogP contribution in [0.25, 0.3) is 66.2 Å². The predicted molar refractivity (Wildman–Crippen MR) is 560 cm³/mol. The van der Waals surface area contributed by atoms with Crippen molar-refractivity contribution < 1.29 is 51.4 Å². The Hall–Kier alpha value is -10.3. The molecule has 20 rings (SSSR count). The number of amides is 6. The summed E-state index contributed by atoms with van der Waals surface area (Å²) in [5.41, 5.74) is 12.7. The van der Waals surface area contributed by atoms with Crippen molar-refractivity contribution in [1.29, 1.82) is 0 Å². The normalized spacial score (nSPS) is 17.4. The summed E-state index contributed by atoms with van der Waals surface area (Å²) in [6.45, 7) is 33.4. The summed E-state index contributed by atoms with van der Waals surface area (Å²) < 4.78 is 65.7. The molecule has 6 amide bonds. The Morgan fingerprint density at radius 3 is 0.943 bits per heavy atom. The number of hydrogen-bond donors (Lipinski definition) is 7. The number of nitrogens with one attached hydrogen (secondary N) is 6. The van der Waals surface area contributed by atoms with Crippen molar-refractivity contribution >= 4 is 176 Å². The molecule has 12 aromatic rings. The summed E-state index contributed by atoms with van der Waals surface area (Å²) in [6.07, 6.45) is 21.5. The number of aromatic nitrogens is 12. The molecule has 8 aliphatic rings. The van der Waals surface area contributed by atoms with Crippen molar-refractivity contribution in [3.63, 3.8) is 0 Å². The second-order valence-corrected chi connectivity index (χ2v) is 46.9. The molecule has 1 atom stereocenters. The number of rotatable bonds is 24. The quantitative estimate of drug-likeness (QED) is 0.0277.